The van der Waals surface area contributed by atoms with Gasteiger partial charge in [0.1, 0.15) is 0 Å². The second-order valence-electron chi connectivity index (χ2n) is 5.19. The lowest BCUT2D eigenvalue weighted by Gasteiger charge is -2.24. The second-order valence-corrected chi connectivity index (χ2v) is 5.19. The van der Waals surface area contributed by atoms with Crippen LogP contribution in [0.5, 0.6) is 0 Å². The number of nitrogens with zero attached hydrogens (tertiary/aromatic N) is 1. The van der Waals surface area contributed by atoms with Crippen LogP contribution in [-0.2, 0) is 14.4 Å². The van der Waals surface area contributed by atoms with Crippen LogP contribution in [-0.4, -0.2) is 54.0 Å². The number of hydrogen-bond acceptors (Lipinski definition) is 4. The second kappa shape index (κ2) is 6.01. The molecule has 7 heteroatoms. The van der Waals surface area contributed by atoms with Crippen molar-refractivity contribution in [3.63, 3.8) is 0 Å². The maximum Gasteiger partial charge on any atom is 0.303 e. The van der Waals surface area contributed by atoms with Crippen molar-refractivity contribution in [1.29, 1.82) is 0 Å². The number of carbonyl (C=O) groups excluding carboxylic acids is 2. The first kappa shape index (κ1) is 15.4. The van der Waals surface area contributed by atoms with Crippen molar-refractivity contribution in [3.05, 3.63) is 0 Å². The minimum Gasteiger partial charge on any atom is -0.481 e. The first-order chi connectivity index (χ1) is 8.80. The molecule has 19 heavy (non-hydrogen) atoms. The molecule has 0 saturated carbocycles. The Hall–Kier alpha value is -1.63. The molecule has 1 fully saturated rings. The van der Waals surface area contributed by atoms with Crippen LogP contribution >= 0.6 is 0 Å². The minimum atomic E-state index is -0.972. The van der Waals surface area contributed by atoms with Crippen LogP contribution in [0, 0.1) is 5.41 Å². The van der Waals surface area contributed by atoms with Crippen LogP contribution in [0.2, 0.25) is 0 Å². The van der Waals surface area contributed by atoms with Gasteiger partial charge in [-0.1, -0.05) is 0 Å². The quantitative estimate of drug-likeness (QED) is 0.603. The fourth-order valence-electron chi connectivity index (χ4n) is 2.27. The van der Waals surface area contributed by atoms with E-state index >= 15 is 0 Å². The standard InChI is InChI=1S/C12H21N3O4/c1-12(11(19)14-2)5-6-15(7-12)10(18)8(13)3-4-9(16)17/h8H,3-7,13H2,1-2H3,(H,14,19)(H,16,17). The Morgan fingerprint density at radius 2 is 2.11 bits per heavy atom. The van der Waals surface area contributed by atoms with E-state index < -0.39 is 17.4 Å². The number of likely N-dealkylation sites (tertiary alicyclic amines) is 1. The fourth-order valence-corrected chi connectivity index (χ4v) is 2.27. The number of carboxylic acid groups (broad SMARTS) is 1. The SMILES string of the molecule is CNC(=O)C1(C)CCN(C(=O)C(N)CCC(=O)O)C1. The van der Waals surface area contributed by atoms with Crippen LogP contribution in [0.4, 0.5) is 0 Å². The van der Waals surface area contributed by atoms with Gasteiger partial charge in [-0.2, -0.15) is 0 Å². The highest BCUT2D eigenvalue weighted by Gasteiger charge is 2.42. The molecule has 0 aromatic carbocycles. The Morgan fingerprint density at radius 3 is 2.63 bits per heavy atom. The number of carbonyl (C=O) groups is 3. The lowest BCUT2D eigenvalue weighted by Crippen LogP contribution is -2.45. The third-order valence-electron chi connectivity index (χ3n) is 3.55. The first-order valence-electron chi connectivity index (χ1n) is 6.28. The summed E-state index contributed by atoms with van der Waals surface area (Å²) in [6, 6.07) is -0.817. The van der Waals surface area contributed by atoms with E-state index in [0.717, 1.165) is 0 Å². The summed E-state index contributed by atoms with van der Waals surface area (Å²) in [6.45, 7) is 2.61. The van der Waals surface area contributed by atoms with Crippen LogP contribution < -0.4 is 11.1 Å². The van der Waals surface area contributed by atoms with E-state index in [9.17, 15) is 14.4 Å². The van der Waals surface area contributed by atoms with E-state index in [1.165, 1.54) is 0 Å². The molecule has 4 N–H and O–H groups in total. The minimum absolute atomic E-state index is 0.0955. The van der Waals surface area contributed by atoms with Crippen molar-refractivity contribution in [3.8, 4) is 0 Å². The van der Waals surface area contributed by atoms with E-state index in [1.807, 2.05) is 6.92 Å². The highest BCUT2D eigenvalue weighted by atomic mass is 16.4. The van der Waals surface area contributed by atoms with Crippen molar-refractivity contribution >= 4 is 17.8 Å². The third-order valence-corrected chi connectivity index (χ3v) is 3.55. The summed E-state index contributed by atoms with van der Waals surface area (Å²) >= 11 is 0. The van der Waals surface area contributed by atoms with E-state index in [0.29, 0.717) is 19.5 Å². The molecule has 0 aromatic rings. The van der Waals surface area contributed by atoms with Gasteiger partial charge in [-0.05, 0) is 19.8 Å². The maximum atomic E-state index is 12.0. The Bertz CT molecular complexity index is 385. The number of nitrogens with one attached hydrogen (secondary N) is 1. The molecule has 2 amide bonds. The first-order valence-corrected chi connectivity index (χ1v) is 6.28. The topological polar surface area (TPSA) is 113 Å². The van der Waals surface area contributed by atoms with Gasteiger partial charge >= 0.3 is 5.97 Å². The Morgan fingerprint density at radius 1 is 1.47 bits per heavy atom. The van der Waals surface area contributed by atoms with Gasteiger partial charge in [-0.25, -0.2) is 0 Å². The summed E-state index contributed by atoms with van der Waals surface area (Å²) < 4.78 is 0. The number of rotatable bonds is 5. The van der Waals surface area contributed by atoms with Gasteiger partial charge < -0.3 is 21.1 Å². The van der Waals surface area contributed by atoms with Gasteiger partial charge in [-0.15, -0.1) is 0 Å². The summed E-state index contributed by atoms with van der Waals surface area (Å²) in [7, 11) is 1.57. The molecule has 7 nitrogen and oxygen atoms in total. The number of amides is 2. The van der Waals surface area contributed by atoms with Crippen LogP contribution in [0.3, 0.4) is 0 Å². The molecular formula is C12H21N3O4. The molecule has 1 rings (SSSR count). The average molecular weight is 271 g/mol. The molecule has 2 atom stereocenters. The van der Waals surface area contributed by atoms with Gasteiger partial charge in [0.05, 0.1) is 11.5 Å². The van der Waals surface area contributed by atoms with E-state index in [4.69, 9.17) is 10.8 Å². The molecule has 0 spiro atoms. The van der Waals surface area contributed by atoms with Crippen molar-refractivity contribution in [2.24, 2.45) is 11.1 Å². The predicted octanol–water partition coefficient (Wildman–Crippen LogP) is -0.837. The van der Waals surface area contributed by atoms with Crippen LogP contribution in [0.1, 0.15) is 26.2 Å². The van der Waals surface area contributed by atoms with Crippen molar-refractivity contribution in [2.45, 2.75) is 32.2 Å². The molecule has 1 saturated heterocycles. The van der Waals surface area contributed by atoms with Gasteiger partial charge in [-0.3, -0.25) is 14.4 Å². The number of hydrogen-bond donors (Lipinski definition) is 3. The lowest BCUT2D eigenvalue weighted by molar-refractivity contribution is -0.137. The molecule has 0 aliphatic carbocycles. The van der Waals surface area contributed by atoms with E-state index in [-0.39, 0.29) is 24.7 Å². The van der Waals surface area contributed by atoms with Gasteiger partial charge in [0.15, 0.2) is 0 Å². The third kappa shape index (κ3) is 3.66. The number of carboxylic acids is 1. The zero-order chi connectivity index (χ0) is 14.6. The molecule has 2 unspecified atom stereocenters. The number of aliphatic carboxylic acids is 1. The monoisotopic (exact) mass is 271 g/mol. The number of nitrogens with two attached hydrogens (primary N) is 1. The molecule has 0 aromatic heterocycles. The molecule has 1 aliphatic heterocycles. The van der Waals surface area contributed by atoms with Gasteiger partial charge in [0.2, 0.25) is 11.8 Å². The summed E-state index contributed by atoms with van der Waals surface area (Å²) in [5, 5.41) is 11.2. The zero-order valence-corrected chi connectivity index (χ0v) is 11.3. The highest BCUT2D eigenvalue weighted by Crippen LogP contribution is 2.30. The van der Waals surface area contributed by atoms with Crippen molar-refractivity contribution in [1.82, 2.24) is 10.2 Å². The Labute approximate surface area is 112 Å². The normalized spacial score (nSPS) is 24.1. The summed E-state index contributed by atoms with van der Waals surface area (Å²) in [6.07, 6.45) is 0.568. The zero-order valence-electron chi connectivity index (χ0n) is 11.3. The van der Waals surface area contributed by atoms with Gasteiger partial charge in [0, 0.05) is 26.6 Å². The molecule has 0 radical (unpaired) electrons. The Balaban J connectivity index is 2.56. The summed E-state index contributed by atoms with van der Waals surface area (Å²) in [5.74, 6) is -1.35. The van der Waals surface area contributed by atoms with Crippen molar-refractivity contribution in [2.75, 3.05) is 20.1 Å². The lowest BCUT2D eigenvalue weighted by atomic mass is 9.89. The largest absolute Gasteiger partial charge is 0.481 e. The van der Waals surface area contributed by atoms with Gasteiger partial charge in [0.25, 0.3) is 0 Å². The Kier molecular flexibility index (Phi) is 4.88. The van der Waals surface area contributed by atoms with Crippen LogP contribution in [0.15, 0.2) is 0 Å². The van der Waals surface area contributed by atoms with Crippen LogP contribution in [0.25, 0.3) is 0 Å². The van der Waals surface area contributed by atoms with Crippen molar-refractivity contribution < 1.29 is 19.5 Å². The maximum absolute atomic E-state index is 12.0. The summed E-state index contributed by atoms with van der Waals surface area (Å²) in [4.78, 5) is 35.8. The molecule has 0 bridgehead atoms. The molecular weight excluding hydrogens is 250 g/mol. The molecule has 1 aliphatic rings. The smallest absolute Gasteiger partial charge is 0.303 e. The highest BCUT2D eigenvalue weighted by molar-refractivity contribution is 5.86. The summed E-state index contributed by atoms with van der Waals surface area (Å²) in [5.41, 5.74) is 5.10. The van der Waals surface area contributed by atoms with E-state index in [2.05, 4.69) is 5.32 Å². The molecule has 108 valence electrons. The van der Waals surface area contributed by atoms with E-state index in [1.54, 1.807) is 11.9 Å². The predicted molar refractivity (Wildman–Crippen MR) is 68.2 cm³/mol. The molecule has 1 heterocycles. The fraction of sp³-hybridized carbons (Fsp3) is 0.750. The average Bonchev–Trinajstić information content (AvgIpc) is 2.77.